The fourth-order valence-corrected chi connectivity index (χ4v) is 1.12. The second-order valence-electron chi connectivity index (χ2n) is 2.55. The molecular weight excluding hydrogens is 225 g/mol. The Balaban J connectivity index is 2.47. The van der Waals surface area contributed by atoms with Crippen LogP contribution in [0.2, 0.25) is 5.28 Å². The number of halogens is 2. The van der Waals surface area contributed by atoms with Crippen LogP contribution < -0.4 is 5.32 Å². The Kier molecular flexibility index (Phi) is 4.62. The highest BCUT2D eigenvalue weighted by Gasteiger charge is 2.02. The minimum atomic E-state index is -0.125. The van der Waals surface area contributed by atoms with E-state index in [1.165, 1.54) is 6.20 Å². The first-order valence-electron chi connectivity index (χ1n) is 4.06. The molecule has 0 atom stereocenters. The molecule has 0 spiro atoms. The molecule has 0 aliphatic heterocycles. The van der Waals surface area contributed by atoms with Crippen LogP contribution in [0.3, 0.4) is 0 Å². The zero-order valence-electron chi connectivity index (χ0n) is 7.33. The fraction of sp³-hybridized carbons (Fsp3) is 0.375. The van der Waals surface area contributed by atoms with Crippen molar-refractivity contribution in [2.75, 3.05) is 11.2 Å². The van der Waals surface area contributed by atoms with E-state index in [1.54, 1.807) is 6.07 Å². The topological polar surface area (TPSA) is 54.9 Å². The first-order valence-corrected chi connectivity index (χ1v) is 4.98. The maximum absolute atomic E-state index is 11.2. The SMILES string of the molecule is O=C(CCCCl)Nc1ccnc(Cl)n1. The van der Waals surface area contributed by atoms with E-state index in [2.05, 4.69) is 15.3 Å². The minimum Gasteiger partial charge on any atom is -0.311 e. The lowest BCUT2D eigenvalue weighted by Crippen LogP contribution is -2.12. The summed E-state index contributed by atoms with van der Waals surface area (Å²) in [5.41, 5.74) is 0. The van der Waals surface area contributed by atoms with Crippen LogP contribution in [-0.2, 0) is 4.79 Å². The molecule has 0 unspecified atom stereocenters. The van der Waals surface area contributed by atoms with Crippen LogP contribution in [0.5, 0.6) is 0 Å². The highest BCUT2D eigenvalue weighted by molar-refractivity contribution is 6.28. The van der Waals surface area contributed by atoms with E-state index < -0.39 is 0 Å². The highest BCUT2D eigenvalue weighted by atomic mass is 35.5. The molecule has 1 amide bonds. The summed E-state index contributed by atoms with van der Waals surface area (Å²) >= 11 is 11.0. The van der Waals surface area contributed by atoms with Gasteiger partial charge in [-0.3, -0.25) is 4.79 Å². The lowest BCUT2D eigenvalue weighted by atomic mass is 10.3. The number of aromatic nitrogens is 2. The molecule has 1 aromatic heterocycles. The quantitative estimate of drug-likeness (QED) is 0.641. The van der Waals surface area contributed by atoms with Crippen molar-refractivity contribution in [1.82, 2.24) is 9.97 Å². The van der Waals surface area contributed by atoms with E-state index in [0.29, 0.717) is 24.5 Å². The van der Waals surface area contributed by atoms with Gasteiger partial charge in [0, 0.05) is 18.5 Å². The number of hydrogen-bond donors (Lipinski definition) is 1. The zero-order valence-corrected chi connectivity index (χ0v) is 8.85. The third-order valence-electron chi connectivity index (χ3n) is 1.43. The Hall–Kier alpha value is -0.870. The molecule has 0 saturated carbocycles. The van der Waals surface area contributed by atoms with Crippen LogP contribution in [0.15, 0.2) is 12.3 Å². The van der Waals surface area contributed by atoms with Gasteiger partial charge in [0.25, 0.3) is 0 Å². The fourth-order valence-electron chi connectivity index (χ4n) is 0.837. The summed E-state index contributed by atoms with van der Waals surface area (Å²) in [5, 5.41) is 2.70. The van der Waals surface area contributed by atoms with Gasteiger partial charge in [-0.2, -0.15) is 0 Å². The molecular formula is C8H9Cl2N3O. The Morgan fingerprint density at radius 1 is 1.57 bits per heavy atom. The van der Waals surface area contributed by atoms with Gasteiger partial charge in [-0.15, -0.1) is 11.6 Å². The molecule has 1 heterocycles. The third kappa shape index (κ3) is 3.89. The van der Waals surface area contributed by atoms with Crippen LogP contribution in [0.25, 0.3) is 0 Å². The molecule has 0 radical (unpaired) electrons. The van der Waals surface area contributed by atoms with E-state index in [4.69, 9.17) is 23.2 Å². The molecule has 0 fully saturated rings. The highest BCUT2D eigenvalue weighted by Crippen LogP contribution is 2.06. The first kappa shape index (κ1) is 11.2. The summed E-state index contributed by atoms with van der Waals surface area (Å²) in [6.45, 7) is 0. The number of anilines is 1. The molecule has 14 heavy (non-hydrogen) atoms. The van der Waals surface area contributed by atoms with Gasteiger partial charge in [0.05, 0.1) is 0 Å². The summed E-state index contributed by atoms with van der Waals surface area (Å²) in [5.74, 6) is 0.753. The molecule has 4 nitrogen and oxygen atoms in total. The summed E-state index contributed by atoms with van der Waals surface area (Å²) in [4.78, 5) is 18.7. The van der Waals surface area contributed by atoms with E-state index in [0.717, 1.165) is 0 Å². The number of nitrogens with zero attached hydrogens (tertiary/aromatic N) is 2. The molecule has 1 aromatic rings. The molecule has 1 rings (SSSR count). The zero-order chi connectivity index (χ0) is 10.4. The van der Waals surface area contributed by atoms with Gasteiger partial charge in [-0.25, -0.2) is 9.97 Å². The number of carbonyl (C=O) groups is 1. The van der Waals surface area contributed by atoms with Crippen molar-refractivity contribution in [3.63, 3.8) is 0 Å². The maximum atomic E-state index is 11.2. The number of rotatable bonds is 4. The lowest BCUT2D eigenvalue weighted by Gasteiger charge is -2.02. The number of carbonyl (C=O) groups excluding carboxylic acids is 1. The first-order chi connectivity index (χ1) is 6.72. The van der Waals surface area contributed by atoms with E-state index >= 15 is 0 Å². The van der Waals surface area contributed by atoms with E-state index in [9.17, 15) is 4.79 Å². The number of nitrogens with one attached hydrogen (secondary N) is 1. The van der Waals surface area contributed by atoms with Crippen LogP contribution >= 0.6 is 23.2 Å². The van der Waals surface area contributed by atoms with Gasteiger partial charge in [0.15, 0.2) is 0 Å². The summed E-state index contributed by atoms with van der Waals surface area (Å²) < 4.78 is 0. The molecule has 0 aliphatic rings. The number of alkyl halides is 1. The molecule has 76 valence electrons. The molecule has 1 N–H and O–H groups in total. The van der Waals surface area contributed by atoms with Crippen molar-refractivity contribution in [2.45, 2.75) is 12.8 Å². The Bertz CT molecular complexity index is 319. The number of hydrogen-bond acceptors (Lipinski definition) is 3. The largest absolute Gasteiger partial charge is 0.311 e. The molecule has 0 bridgehead atoms. The average molecular weight is 234 g/mol. The van der Waals surface area contributed by atoms with Crippen molar-refractivity contribution in [1.29, 1.82) is 0 Å². The monoisotopic (exact) mass is 233 g/mol. The lowest BCUT2D eigenvalue weighted by molar-refractivity contribution is -0.116. The van der Waals surface area contributed by atoms with Crippen molar-refractivity contribution in [2.24, 2.45) is 0 Å². The van der Waals surface area contributed by atoms with Crippen molar-refractivity contribution in [3.8, 4) is 0 Å². The van der Waals surface area contributed by atoms with Gasteiger partial charge in [-0.05, 0) is 24.1 Å². The Morgan fingerprint density at radius 3 is 3.00 bits per heavy atom. The van der Waals surface area contributed by atoms with Gasteiger partial charge in [-0.1, -0.05) is 0 Å². The molecule has 0 saturated heterocycles. The predicted molar refractivity (Wildman–Crippen MR) is 55.6 cm³/mol. The Morgan fingerprint density at radius 2 is 2.36 bits per heavy atom. The second-order valence-corrected chi connectivity index (χ2v) is 3.27. The van der Waals surface area contributed by atoms with Gasteiger partial charge >= 0.3 is 0 Å². The third-order valence-corrected chi connectivity index (χ3v) is 1.88. The minimum absolute atomic E-state index is 0.111. The van der Waals surface area contributed by atoms with Crippen molar-refractivity contribution in [3.05, 3.63) is 17.5 Å². The van der Waals surface area contributed by atoms with Gasteiger partial charge < -0.3 is 5.32 Å². The van der Waals surface area contributed by atoms with Gasteiger partial charge in [0.1, 0.15) is 5.82 Å². The maximum Gasteiger partial charge on any atom is 0.225 e. The predicted octanol–water partition coefficient (Wildman–Crippen LogP) is 2.09. The molecule has 0 aliphatic carbocycles. The van der Waals surface area contributed by atoms with Crippen molar-refractivity contribution >= 4 is 34.9 Å². The van der Waals surface area contributed by atoms with Gasteiger partial charge in [0.2, 0.25) is 11.2 Å². The van der Waals surface area contributed by atoms with E-state index in [1.807, 2.05) is 0 Å². The molecule has 6 heteroatoms. The smallest absolute Gasteiger partial charge is 0.225 e. The summed E-state index contributed by atoms with van der Waals surface area (Å²) in [7, 11) is 0. The molecule has 0 aromatic carbocycles. The standard InChI is InChI=1S/C8H9Cl2N3O/c9-4-1-2-7(14)12-6-3-5-11-8(10)13-6/h3,5H,1-2,4H2,(H,11,12,13,14). The normalized spacial score (nSPS) is 9.86. The van der Waals surface area contributed by atoms with Crippen molar-refractivity contribution < 1.29 is 4.79 Å². The van der Waals surface area contributed by atoms with Crippen LogP contribution in [0.4, 0.5) is 5.82 Å². The average Bonchev–Trinajstić information content (AvgIpc) is 2.15. The van der Waals surface area contributed by atoms with Crippen LogP contribution in [0.1, 0.15) is 12.8 Å². The summed E-state index contributed by atoms with van der Waals surface area (Å²) in [6, 6.07) is 1.57. The van der Waals surface area contributed by atoms with E-state index in [-0.39, 0.29) is 11.2 Å². The summed E-state index contributed by atoms with van der Waals surface area (Å²) in [6.07, 6.45) is 2.50. The van der Waals surface area contributed by atoms with Crippen LogP contribution in [0, 0.1) is 0 Å². The Labute approximate surface area is 91.6 Å². The number of amides is 1. The second kappa shape index (κ2) is 5.78. The van der Waals surface area contributed by atoms with Crippen LogP contribution in [-0.4, -0.2) is 21.8 Å².